The van der Waals surface area contributed by atoms with Gasteiger partial charge in [-0.05, 0) is 78.7 Å². The molecule has 5 nitrogen and oxygen atoms in total. The van der Waals surface area contributed by atoms with Gasteiger partial charge in [-0.25, -0.2) is 0 Å². The van der Waals surface area contributed by atoms with Gasteiger partial charge in [0, 0.05) is 46.5 Å². The number of nitrogens with zero attached hydrogens (tertiary/aromatic N) is 3. The highest BCUT2D eigenvalue weighted by molar-refractivity contribution is 7.80. The number of hydrogen-bond donors (Lipinski definition) is 1. The van der Waals surface area contributed by atoms with Gasteiger partial charge in [0.1, 0.15) is 6.04 Å². The molecule has 7 heteroatoms. The first-order chi connectivity index (χ1) is 16.4. The van der Waals surface area contributed by atoms with E-state index in [2.05, 4.69) is 39.1 Å². The van der Waals surface area contributed by atoms with E-state index in [1.165, 1.54) is 0 Å². The van der Waals surface area contributed by atoms with E-state index in [-0.39, 0.29) is 24.0 Å². The monoisotopic (exact) mass is 486 g/mol. The molecule has 4 aromatic rings. The third-order valence-corrected chi connectivity index (χ3v) is 7.53. The first-order valence-corrected chi connectivity index (χ1v) is 12.2. The number of benzene rings is 2. The summed E-state index contributed by atoms with van der Waals surface area (Å²) >= 11 is 12.2. The fraction of sp³-hybridized carbons (Fsp3) is 0.222. The Hall–Kier alpha value is -3.22. The van der Waals surface area contributed by atoms with Crippen LogP contribution in [0.1, 0.15) is 36.7 Å². The maximum atomic E-state index is 13.5. The predicted octanol–water partition coefficient (Wildman–Crippen LogP) is 5.73. The molecular formula is C27H23ClN4OS. The Morgan fingerprint density at radius 2 is 1.76 bits per heavy atom. The minimum Gasteiger partial charge on any atom is -0.356 e. The number of thiocarbonyl (C=S) groups is 1. The topological polar surface area (TPSA) is 52.2 Å². The molecule has 0 radical (unpaired) electrons. The van der Waals surface area contributed by atoms with Crippen LogP contribution in [0.4, 0.5) is 0 Å². The highest BCUT2D eigenvalue weighted by atomic mass is 35.5. The van der Waals surface area contributed by atoms with E-state index in [0.717, 1.165) is 38.9 Å². The molecule has 0 bridgehead atoms. The van der Waals surface area contributed by atoms with Crippen LogP contribution >= 0.6 is 23.8 Å². The molecule has 0 aliphatic carbocycles. The second kappa shape index (κ2) is 7.93. The SMILES string of the molecule is CC(C)N1C(=O)C2Cc3c([nH]c4ccc(Cl)cc34)C(c3ccc(-c4ccncc4)cc3)N2C1=S. The van der Waals surface area contributed by atoms with Crippen LogP contribution in [-0.4, -0.2) is 42.9 Å². The van der Waals surface area contributed by atoms with Gasteiger partial charge in [-0.3, -0.25) is 14.7 Å². The highest BCUT2D eigenvalue weighted by Crippen LogP contribution is 2.45. The molecular weight excluding hydrogens is 464 g/mol. The number of aromatic nitrogens is 2. The lowest BCUT2D eigenvalue weighted by molar-refractivity contribution is -0.129. The first kappa shape index (κ1) is 21.3. The maximum Gasteiger partial charge on any atom is 0.252 e. The Bertz CT molecular complexity index is 1430. The van der Waals surface area contributed by atoms with Crippen molar-refractivity contribution in [1.29, 1.82) is 0 Å². The standard InChI is InChI=1S/C27H23ClN4OS/c1-15(2)31-26(33)23-14-21-20-13-19(28)7-8-22(20)30-24(21)25(32(23)27(31)34)18-5-3-16(4-6-18)17-9-11-29-12-10-17/h3-13,15,23,25,30H,14H2,1-2H3. The predicted molar refractivity (Wildman–Crippen MR) is 139 cm³/mol. The minimum atomic E-state index is -0.328. The molecule has 2 aliphatic rings. The first-order valence-electron chi connectivity index (χ1n) is 11.4. The summed E-state index contributed by atoms with van der Waals surface area (Å²) in [5.41, 5.74) is 6.55. The summed E-state index contributed by atoms with van der Waals surface area (Å²) in [6.07, 6.45) is 4.20. The van der Waals surface area contributed by atoms with E-state index in [4.69, 9.17) is 23.8 Å². The zero-order valence-electron chi connectivity index (χ0n) is 18.8. The number of carbonyl (C=O) groups is 1. The van der Waals surface area contributed by atoms with Crippen LogP contribution < -0.4 is 0 Å². The van der Waals surface area contributed by atoms with Crippen molar-refractivity contribution in [2.75, 3.05) is 0 Å². The van der Waals surface area contributed by atoms with E-state index in [1.807, 2.05) is 44.2 Å². The van der Waals surface area contributed by atoms with Crippen LogP contribution in [0.5, 0.6) is 0 Å². The van der Waals surface area contributed by atoms with Crippen molar-refractivity contribution in [2.24, 2.45) is 0 Å². The number of pyridine rings is 1. The molecule has 34 heavy (non-hydrogen) atoms. The van der Waals surface area contributed by atoms with Crippen molar-refractivity contribution in [3.8, 4) is 11.1 Å². The van der Waals surface area contributed by atoms with Gasteiger partial charge in [0.25, 0.3) is 5.91 Å². The van der Waals surface area contributed by atoms with Crippen molar-refractivity contribution in [1.82, 2.24) is 19.8 Å². The van der Waals surface area contributed by atoms with E-state index >= 15 is 0 Å². The second-order valence-electron chi connectivity index (χ2n) is 9.18. The van der Waals surface area contributed by atoms with Crippen molar-refractivity contribution in [3.63, 3.8) is 0 Å². The molecule has 2 atom stereocenters. The fourth-order valence-electron chi connectivity index (χ4n) is 5.34. The average molecular weight is 487 g/mol. The molecule has 1 amide bonds. The van der Waals surface area contributed by atoms with Crippen molar-refractivity contribution in [2.45, 2.75) is 38.4 Å². The number of hydrogen-bond acceptors (Lipinski definition) is 3. The smallest absolute Gasteiger partial charge is 0.252 e. The number of H-pyrrole nitrogens is 1. The maximum absolute atomic E-state index is 13.5. The Morgan fingerprint density at radius 1 is 1.06 bits per heavy atom. The van der Waals surface area contributed by atoms with Crippen molar-refractivity contribution >= 4 is 45.7 Å². The zero-order valence-corrected chi connectivity index (χ0v) is 20.4. The van der Waals surface area contributed by atoms with Crippen LogP contribution in [-0.2, 0) is 11.2 Å². The van der Waals surface area contributed by atoms with E-state index in [0.29, 0.717) is 16.6 Å². The third-order valence-electron chi connectivity index (χ3n) is 6.89. The Labute approximate surface area is 208 Å². The number of aromatic amines is 1. The Kier molecular flexibility index (Phi) is 4.97. The largest absolute Gasteiger partial charge is 0.356 e. The number of rotatable bonds is 3. The van der Waals surface area contributed by atoms with Crippen LogP contribution in [0.15, 0.2) is 67.0 Å². The molecule has 170 valence electrons. The van der Waals surface area contributed by atoms with Gasteiger partial charge in [-0.1, -0.05) is 35.9 Å². The van der Waals surface area contributed by atoms with Gasteiger partial charge in [-0.2, -0.15) is 0 Å². The minimum absolute atomic E-state index is 0.00449. The molecule has 2 aromatic carbocycles. The molecule has 2 aromatic heterocycles. The average Bonchev–Trinajstić information content (AvgIpc) is 3.32. The van der Waals surface area contributed by atoms with Gasteiger partial charge in [0.15, 0.2) is 5.11 Å². The summed E-state index contributed by atoms with van der Waals surface area (Å²) in [5, 5.41) is 2.35. The normalized spacial score (nSPS) is 19.8. The summed E-state index contributed by atoms with van der Waals surface area (Å²) in [4.78, 5) is 25.1. The lowest BCUT2D eigenvalue weighted by Crippen LogP contribution is -2.44. The summed E-state index contributed by atoms with van der Waals surface area (Å²) in [5.74, 6) is 0.0698. The van der Waals surface area contributed by atoms with E-state index in [9.17, 15) is 4.79 Å². The summed E-state index contributed by atoms with van der Waals surface area (Å²) in [6.45, 7) is 4.02. The zero-order chi connectivity index (χ0) is 23.6. The highest BCUT2D eigenvalue weighted by Gasteiger charge is 2.51. The van der Waals surface area contributed by atoms with Gasteiger partial charge < -0.3 is 9.88 Å². The van der Waals surface area contributed by atoms with Gasteiger partial charge >= 0.3 is 0 Å². The quantitative estimate of drug-likeness (QED) is 0.375. The van der Waals surface area contributed by atoms with Gasteiger partial charge in [0.2, 0.25) is 0 Å². The van der Waals surface area contributed by atoms with Gasteiger partial charge in [-0.15, -0.1) is 0 Å². The number of halogens is 1. The fourth-order valence-corrected chi connectivity index (χ4v) is 6.04. The lowest BCUT2D eigenvalue weighted by atomic mass is 9.88. The molecule has 2 aliphatic heterocycles. The molecule has 2 unspecified atom stereocenters. The number of nitrogens with one attached hydrogen (secondary N) is 1. The van der Waals surface area contributed by atoms with Crippen molar-refractivity contribution < 1.29 is 4.79 Å². The Morgan fingerprint density at radius 3 is 2.47 bits per heavy atom. The van der Waals surface area contributed by atoms with E-state index < -0.39 is 0 Å². The molecule has 1 fully saturated rings. The summed E-state index contributed by atoms with van der Waals surface area (Å²) < 4.78 is 0. The lowest BCUT2D eigenvalue weighted by Gasteiger charge is -2.37. The van der Waals surface area contributed by atoms with Crippen molar-refractivity contribution in [3.05, 3.63) is 88.8 Å². The van der Waals surface area contributed by atoms with Crippen LogP contribution in [0.25, 0.3) is 22.0 Å². The van der Waals surface area contributed by atoms with Crippen LogP contribution in [0.2, 0.25) is 5.02 Å². The van der Waals surface area contributed by atoms with Crippen LogP contribution in [0.3, 0.4) is 0 Å². The molecule has 1 N–H and O–H groups in total. The second-order valence-corrected chi connectivity index (χ2v) is 9.98. The molecule has 0 saturated carbocycles. The van der Waals surface area contributed by atoms with E-state index in [1.54, 1.807) is 17.3 Å². The number of amides is 1. The Balaban J connectivity index is 1.52. The summed E-state index contributed by atoms with van der Waals surface area (Å²) in [7, 11) is 0. The van der Waals surface area contributed by atoms with Crippen LogP contribution in [0, 0.1) is 0 Å². The summed E-state index contributed by atoms with van der Waals surface area (Å²) in [6, 6.07) is 17.9. The molecule has 4 heterocycles. The molecule has 1 saturated heterocycles. The third kappa shape index (κ3) is 3.16. The number of carbonyl (C=O) groups excluding carboxylic acids is 1. The molecule has 0 spiro atoms. The van der Waals surface area contributed by atoms with Gasteiger partial charge in [0.05, 0.1) is 6.04 Å². The number of fused-ring (bicyclic) bond motifs is 4. The molecule has 6 rings (SSSR count).